The van der Waals surface area contributed by atoms with Gasteiger partial charge in [0.15, 0.2) is 0 Å². The molecule has 0 radical (unpaired) electrons. The van der Waals surface area contributed by atoms with E-state index in [0.717, 1.165) is 23.3 Å². The Bertz CT molecular complexity index is 668. The summed E-state index contributed by atoms with van der Waals surface area (Å²) in [6.07, 6.45) is -3.85. The van der Waals surface area contributed by atoms with Gasteiger partial charge in [-0.3, -0.25) is 0 Å². The molecule has 1 heterocycles. The van der Waals surface area contributed by atoms with Crippen LogP contribution in [0.5, 0.6) is 11.5 Å². The fourth-order valence-electron chi connectivity index (χ4n) is 2.47. The van der Waals surface area contributed by atoms with Crippen LogP contribution in [0.1, 0.15) is 22.7 Å². The summed E-state index contributed by atoms with van der Waals surface area (Å²) >= 11 is 0. The predicted molar refractivity (Wildman–Crippen MR) is 74.8 cm³/mol. The largest absolute Gasteiger partial charge is 0.573 e. The summed E-state index contributed by atoms with van der Waals surface area (Å²) in [6.45, 7) is 0.664. The lowest BCUT2D eigenvalue weighted by Gasteiger charge is -2.15. The number of ether oxygens (including phenoxy) is 2. The minimum atomic E-state index is -4.69. The number of halogens is 3. The molecule has 116 valence electrons. The number of alkyl halides is 3. The fourth-order valence-corrected chi connectivity index (χ4v) is 2.47. The summed E-state index contributed by atoms with van der Waals surface area (Å²) in [5.41, 5.74) is 8.90. The standard InChI is InChI=1S/C16H14F3NO2/c17-16(18,19)22-13-4-1-10(2-5-13)15(20)12-3-6-14-11(9-12)7-8-21-14/h1-6,9,15H,7-8,20H2/t15-/m0/s1. The van der Waals surface area contributed by atoms with Gasteiger partial charge in [-0.25, -0.2) is 0 Å². The molecule has 0 saturated carbocycles. The van der Waals surface area contributed by atoms with Crippen LogP contribution in [0.15, 0.2) is 42.5 Å². The lowest BCUT2D eigenvalue weighted by molar-refractivity contribution is -0.274. The molecule has 2 N–H and O–H groups in total. The average molecular weight is 309 g/mol. The Morgan fingerprint density at radius 3 is 2.41 bits per heavy atom. The van der Waals surface area contributed by atoms with Crippen molar-refractivity contribution in [1.82, 2.24) is 0 Å². The summed E-state index contributed by atoms with van der Waals surface area (Å²) in [4.78, 5) is 0. The zero-order chi connectivity index (χ0) is 15.7. The molecule has 3 nitrogen and oxygen atoms in total. The van der Waals surface area contributed by atoms with Gasteiger partial charge in [0.05, 0.1) is 12.6 Å². The van der Waals surface area contributed by atoms with Crippen molar-refractivity contribution in [2.75, 3.05) is 6.61 Å². The summed E-state index contributed by atoms with van der Waals surface area (Å²) < 4.78 is 45.7. The van der Waals surface area contributed by atoms with Crippen molar-refractivity contribution in [2.45, 2.75) is 18.8 Å². The Kier molecular flexibility index (Phi) is 3.70. The van der Waals surface area contributed by atoms with E-state index in [-0.39, 0.29) is 5.75 Å². The van der Waals surface area contributed by atoms with E-state index < -0.39 is 12.4 Å². The maximum absolute atomic E-state index is 12.1. The van der Waals surface area contributed by atoms with Crippen LogP contribution in [-0.4, -0.2) is 13.0 Å². The van der Waals surface area contributed by atoms with E-state index in [9.17, 15) is 13.2 Å². The first kappa shape index (κ1) is 14.7. The lowest BCUT2D eigenvalue weighted by atomic mass is 9.97. The van der Waals surface area contributed by atoms with Crippen molar-refractivity contribution in [3.63, 3.8) is 0 Å². The zero-order valence-electron chi connectivity index (χ0n) is 11.6. The second-order valence-corrected chi connectivity index (χ2v) is 5.06. The van der Waals surface area contributed by atoms with Gasteiger partial charge in [-0.15, -0.1) is 13.2 Å². The van der Waals surface area contributed by atoms with Crippen molar-refractivity contribution in [2.24, 2.45) is 5.73 Å². The number of hydrogen-bond acceptors (Lipinski definition) is 3. The molecule has 2 aromatic rings. The van der Waals surface area contributed by atoms with Gasteiger partial charge in [-0.1, -0.05) is 24.3 Å². The molecule has 0 spiro atoms. The van der Waals surface area contributed by atoms with Crippen molar-refractivity contribution in [3.8, 4) is 11.5 Å². The number of rotatable bonds is 3. The normalized spacial score (nSPS) is 15.1. The minimum Gasteiger partial charge on any atom is -0.493 e. The maximum Gasteiger partial charge on any atom is 0.573 e. The van der Waals surface area contributed by atoms with E-state index >= 15 is 0 Å². The molecule has 1 aliphatic heterocycles. The summed E-state index contributed by atoms with van der Waals surface area (Å²) in [6, 6.07) is 10.9. The molecule has 3 rings (SSSR count). The molecule has 6 heteroatoms. The van der Waals surface area contributed by atoms with Crippen LogP contribution in [0.3, 0.4) is 0 Å². The van der Waals surface area contributed by atoms with Crippen molar-refractivity contribution in [1.29, 1.82) is 0 Å². The van der Waals surface area contributed by atoms with E-state index in [2.05, 4.69) is 4.74 Å². The highest BCUT2D eigenvalue weighted by Crippen LogP contribution is 2.30. The topological polar surface area (TPSA) is 44.5 Å². The van der Waals surface area contributed by atoms with Crippen LogP contribution >= 0.6 is 0 Å². The van der Waals surface area contributed by atoms with E-state index in [4.69, 9.17) is 10.5 Å². The summed E-state index contributed by atoms with van der Waals surface area (Å²) in [5.74, 6) is 0.607. The molecular weight excluding hydrogens is 295 g/mol. The highest BCUT2D eigenvalue weighted by Gasteiger charge is 2.31. The van der Waals surface area contributed by atoms with Gasteiger partial charge >= 0.3 is 6.36 Å². The van der Waals surface area contributed by atoms with E-state index in [0.29, 0.717) is 12.2 Å². The molecule has 0 amide bonds. The van der Waals surface area contributed by atoms with Gasteiger partial charge in [0.1, 0.15) is 11.5 Å². The summed E-state index contributed by atoms with van der Waals surface area (Å²) in [7, 11) is 0. The van der Waals surface area contributed by atoms with Crippen LogP contribution in [-0.2, 0) is 6.42 Å². The molecule has 2 aromatic carbocycles. The molecular formula is C16H14F3NO2. The quantitative estimate of drug-likeness (QED) is 0.942. The fraction of sp³-hybridized carbons (Fsp3) is 0.250. The van der Waals surface area contributed by atoms with Crippen molar-refractivity contribution < 1.29 is 22.6 Å². The molecule has 1 atom stereocenters. The molecule has 0 aliphatic carbocycles. The number of benzene rings is 2. The van der Waals surface area contributed by atoms with Crippen LogP contribution < -0.4 is 15.2 Å². The second-order valence-electron chi connectivity index (χ2n) is 5.06. The Morgan fingerprint density at radius 2 is 1.73 bits per heavy atom. The molecule has 0 saturated heterocycles. The van der Waals surface area contributed by atoms with Crippen LogP contribution in [0, 0.1) is 0 Å². The Balaban J connectivity index is 1.79. The third-order valence-electron chi connectivity index (χ3n) is 3.55. The second kappa shape index (κ2) is 5.53. The first-order chi connectivity index (χ1) is 10.4. The highest BCUT2D eigenvalue weighted by atomic mass is 19.4. The Labute approximate surface area is 125 Å². The number of hydrogen-bond donors (Lipinski definition) is 1. The first-order valence-electron chi connectivity index (χ1n) is 6.79. The van der Waals surface area contributed by atoms with Crippen LogP contribution in [0.25, 0.3) is 0 Å². The van der Waals surface area contributed by atoms with Gasteiger partial charge in [0, 0.05) is 6.42 Å². The molecule has 0 fully saturated rings. The Hall–Kier alpha value is -2.21. The SMILES string of the molecule is N[C@@H](c1ccc(OC(F)(F)F)cc1)c1ccc2c(c1)CCO2. The first-order valence-corrected chi connectivity index (χ1v) is 6.79. The van der Waals surface area contributed by atoms with Crippen molar-refractivity contribution >= 4 is 0 Å². The number of fused-ring (bicyclic) bond motifs is 1. The van der Waals surface area contributed by atoms with Crippen LogP contribution in [0.2, 0.25) is 0 Å². The van der Waals surface area contributed by atoms with Gasteiger partial charge < -0.3 is 15.2 Å². The van der Waals surface area contributed by atoms with Gasteiger partial charge in [-0.05, 0) is 34.9 Å². The third kappa shape index (κ3) is 3.17. The van der Waals surface area contributed by atoms with Gasteiger partial charge in [0.2, 0.25) is 0 Å². The predicted octanol–water partition coefficient (Wildman–Crippen LogP) is 3.57. The minimum absolute atomic E-state index is 0.259. The molecule has 0 unspecified atom stereocenters. The van der Waals surface area contributed by atoms with E-state index in [1.165, 1.54) is 24.3 Å². The monoisotopic (exact) mass is 309 g/mol. The summed E-state index contributed by atoms with van der Waals surface area (Å²) in [5, 5.41) is 0. The van der Waals surface area contributed by atoms with Crippen LogP contribution in [0.4, 0.5) is 13.2 Å². The number of nitrogens with two attached hydrogens (primary N) is 1. The third-order valence-corrected chi connectivity index (χ3v) is 3.55. The molecule has 0 aromatic heterocycles. The molecule has 1 aliphatic rings. The zero-order valence-corrected chi connectivity index (χ0v) is 11.6. The maximum atomic E-state index is 12.1. The Morgan fingerprint density at radius 1 is 1.05 bits per heavy atom. The van der Waals surface area contributed by atoms with E-state index in [1.807, 2.05) is 18.2 Å². The van der Waals surface area contributed by atoms with Gasteiger partial charge in [-0.2, -0.15) is 0 Å². The molecule has 22 heavy (non-hydrogen) atoms. The van der Waals surface area contributed by atoms with E-state index in [1.54, 1.807) is 0 Å². The lowest BCUT2D eigenvalue weighted by Crippen LogP contribution is -2.17. The van der Waals surface area contributed by atoms with Crippen molar-refractivity contribution in [3.05, 3.63) is 59.2 Å². The average Bonchev–Trinajstić information content (AvgIpc) is 2.93. The van der Waals surface area contributed by atoms with Gasteiger partial charge in [0.25, 0.3) is 0 Å². The smallest absolute Gasteiger partial charge is 0.493 e. The highest BCUT2D eigenvalue weighted by molar-refractivity contribution is 5.43. The molecule has 0 bridgehead atoms.